The molecule has 0 bridgehead atoms. The molecule has 1 aliphatic rings. The maximum absolute atomic E-state index is 13.2. The van der Waals surface area contributed by atoms with Crippen LogP contribution in [0.3, 0.4) is 0 Å². The number of sulfone groups is 1. The first-order chi connectivity index (χ1) is 17.1. The molecule has 0 aliphatic carbocycles. The fourth-order valence-electron chi connectivity index (χ4n) is 4.23. The van der Waals surface area contributed by atoms with Crippen LogP contribution >= 0.6 is 15.9 Å². The van der Waals surface area contributed by atoms with Gasteiger partial charge in [0.05, 0.1) is 21.5 Å². The Kier molecular flexibility index (Phi) is 7.65. The van der Waals surface area contributed by atoms with Crippen molar-refractivity contribution in [1.82, 2.24) is 0 Å². The fourth-order valence-corrected chi connectivity index (χ4v) is 5.71. The van der Waals surface area contributed by atoms with Gasteiger partial charge in [0.1, 0.15) is 17.2 Å². The van der Waals surface area contributed by atoms with Crippen molar-refractivity contribution < 1.29 is 31.5 Å². The quantitative estimate of drug-likeness (QED) is 0.323. The molecule has 4 rings (SSSR count). The minimum absolute atomic E-state index is 0.0298. The van der Waals surface area contributed by atoms with Gasteiger partial charge in [0.2, 0.25) is 5.91 Å². The number of anilines is 1. The zero-order valence-corrected chi connectivity index (χ0v) is 22.0. The van der Waals surface area contributed by atoms with Crippen molar-refractivity contribution in [2.75, 3.05) is 17.2 Å². The summed E-state index contributed by atoms with van der Waals surface area (Å²) in [5.41, 5.74) is 3.00. The van der Waals surface area contributed by atoms with Gasteiger partial charge in [-0.25, -0.2) is 8.42 Å². The van der Waals surface area contributed by atoms with E-state index in [9.17, 15) is 22.0 Å². The number of hydrogen-bond donors (Lipinski definition) is 0. The van der Waals surface area contributed by atoms with E-state index in [0.717, 1.165) is 16.8 Å². The van der Waals surface area contributed by atoms with Crippen molar-refractivity contribution >= 4 is 37.4 Å². The number of benzene rings is 3. The highest BCUT2D eigenvalue weighted by Crippen LogP contribution is 2.39. The lowest BCUT2D eigenvalue weighted by Gasteiger charge is -2.20. The molecule has 3 aromatic rings. The molecule has 36 heavy (non-hydrogen) atoms. The lowest BCUT2D eigenvalue weighted by atomic mass is 10.0. The number of rotatable bonds is 8. The lowest BCUT2D eigenvalue weighted by molar-refractivity contribution is -0.117. The van der Waals surface area contributed by atoms with E-state index >= 15 is 0 Å². The minimum Gasteiger partial charge on any atom is -0.457 e. The van der Waals surface area contributed by atoms with E-state index in [2.05, 4.69) is 20.7 Å². The summed E-state index contributed by atoms with van der Waals surface area (Å²) in [6.07, 6.45) is 0.580. The number of nitrogens with zero attached hydrogens (tertiary/aromatic N) is 1. The Morgan fingerprint density at radius 3 is 2.58 bits per heavy atom. The Morgan fingerprint density at radius 2 is 1.86 bits per heavy atom. The Labute approximate surface area is 216 Å². The van der Waals surface area contributed by atoms with Gasteiger partial charge in [0.15, 0.2) is 9.84 Å². The summed E-state index contributed by atoms with van der Waals surface area (Å²) in [7, 11) is -3.45. The number of ether oxygens (including phenoxy) is 2. The molecule has 6 nitrogen and oxygen atoms in total. The van der Waals surface area contributed by atoms with Gasteiger partial charge >= 0.3 is 6.61 Å². The molecular weight excluding hydrogens is 556 g/mol. The Morgan fingerprint density at radius 1 is 1.11 bits per heavy atom. The van der Waals surface area contributed by atoms with Gasteiger partial charge in [-0.1, -0.05) is 25.1 Å². The molecule has 0 spiro atoms. The Hall–Kier alpha value is -2.98. The van der Waals surface area contributed by atoms with Gasteiger partial charge in [-0.2, -0.15) is 8.78 Å². The smallest absolute Gasteiger partial charge is 0.387 e. The molecule has 0 radical (unpaired) electrons. The number of fused-ring (bicyclic) bond motifs is 1. The van der Waals surface area contributed by atoms with E-state index in [1.807, 2.05) is 6.92 Å². The second kappa shape index (κ2) is 10.6. The molecule has 10 heteroatoms. The molecule has 0 unspecified atom stereocenters. The second-order valence-electron chi connectivity index (χ2n) is 8.24. The zero-order valence-electron chi connectivity index (χ0n) is 19.6. The molecule has 190 valence electrons. The maximum atomic E-state index is 13.2. The average Bonchev–Trinajstić information content (AvgIpc) is 3.28. The molecular formula is C26H24BrF2NO5S. The van der Waals surface area contributed by atoms with Gasteiger partial charge in [0, 0.05) is 18.3 Å². The van der Waals surface area contributed by atoms with Crippen molar-refractivity contribution in [3.63, 3.8) is 0 Å². The normalized spacial score (nSPS) is 13.1. The summed E-state index contributed by atoms with van der Waals surface area (Å²) in [4.78, 5) is 15.1. The average molecular weight is 580 g/mol. The van der Waals surface area contributed by atoms with E-state index in [1.165, 1.54) is 12.1 Å². The van der Waals surface area contributed by atoms with Crippen LogP contribution in [0.2, 0.25) is 0 Å². The van der Waals surface area contributed by atoms with Crippen LogP contribution in [0, 0.1) is 6.92 Å². The van der Waals surface area contributed by atoms with Crippen LogP contribution in [0.4, 0.5) is 14.5 Å². The monoisotopic (exact) mass is 579 g/mol. The molecule has 1 amide bonds. The third-order valence-electron chi connectivity index (χ3n) is 6.08. The molecule has 0 saturated carbocycles. The van der Waals surface area contributed by atoms with Crippen LogP contribution in [-0.4, -0.2) is 33.2 Å². The Bertz CT molecular complexity index is 1410. The van der Waals surface area contributed by atoms with E-state index in [0.29, 0.717) is 34.5 Å². The van der Waals surface area contributed by atoms with Crippen LogP contribution in [0.15, 0.2) is 64.0 Å². The number of carbonyl (C=O) groups is 1. The van der Waals surface area contributed by atoms with Crippen LogP contribution in [0.25, 0.3) is 0 Å². The van der Waals surface area contributed by atoms with Crippen molar-refractivity contribution in [2.45, 2.75) is 38.2 Å². The fraction of sp³-hybridized carbons (Fsp3) is 0.269. The van der Waals surface area contributed by atoms with Crippen LogP contribution in [-0.2, 0) is 27.5 Å². The summed E-state index contributed by atoms with van der Waals surface area (Å²) >= 11 is 3.18. The zero-order chi connectivity index (χ0) is 26.0. The molecule has 0 N–H and O–H groups in total. The van der Waals surface area contributed by atoms with Gasteiger partial charge in [-0.3, -0.25) is 4.79 Å². The second-order valence-corrected chi connectivity index (χ2v) is 11.3. The first-order valence-corrected chi connectivity index (χ1v) is 13.7. The predicted molar refractivity (Wildman–Crippen MR) is 136 cm³/mol. The third-order valence-corrected chi connectivity index (χ3v) is 8.56. The van der Waals surface area contributed by atoms with Crippen molar-refractivity contribution in [2.24, 2.45) is 0 Å². The SMILES string of the molecule is CCS(=O)(=O)c1ccccc1CC(=O)N1CCc2c1ccc(Oc1ccc(Br)c(OC(F)F)c1)c2C. The summed E-state index contributed by atoms with van der Waals surface area (Å²) in [5, 5.41) is 0. The van der Waals surface area contributed by atoms with Crippen molar-refractivity contribution in [1.29, 1.82) is 0 Å². The van der Waals surface area contributed by atoms with E-state index < -0.39 is 16.4 Å². The molecule has 0 aromatic heterocycles. The molecule has 1 heterocycles. The lowest BCUT2D eigenvalue weighted by Crippen LogP contribution is -2.30. The standard InChI is InChI=1S/C26H24BrF2NO5S/c1-3-36(32,33)24-7-5-4-6-17(24)14-25(31)30-13-12-19-16(2)22(11-10-21(19)30)34-18-8-9-20(27)23(15-18)35-26(28)29/h4-11,15,26H,3,12-14H2,1-2H3. The topological polar surface area (TPSA) is 72.9 Å². The number of halogens is 3. The minimum atomic E-state index is -3.45. The molecule has 1 aliphatic heterocycles. The number of amides is 1. The van der Waals surface area contributed by atoms with Gasteiger partial charge < -0.3 is 14.4 Å². The highest BCUT2D eigenvalue weighted by atomic mass is 79.9. The van der Waals surface area contributed by atoms with Crippen molar-refractivity contribution in [3.8, 4) is 17.2 Å². The van der Waals surface area contributed by atoms with Crippen LogP contribution in [0.5, 0.6) is 17.2 Å². The van der Waals surface area contributed by atoms with E-state index in [1.54, 1.807) is 54.3 Å². The largest absolute Gasteiger partial charge is 0.457 e. The van der Waals surface area contributed by atoms with E-state index in [4.69, 9.17) is 4.74 Å². The molecule has 0 saturated heterocycles. The van der Waals surface area contributed by atoms with E-state index in [-0.39, 0.29) is 28.7 Å². The number of carbonyl (C=O) groups excluding carboxylic acids is 1. The van der Waals surface area contributed by atoms with Crippen molar-refractivity contribution in [3.05, 3.63) is 75.8 Å². The molecule has 3 aromatic carbocycles. The molecule has 0 atom stereocenters. The predicted octanol–water partition coefficient (Wildman–Crippen LogP) is 6.08. The maximum Gasteiger partial charge on any atom is 0.387 e. The number of alkyl halides is 2. The highest BCUT2D eigenvalue weighted by Gasteiger charge is 2.28. The Balaban J connectivity index is 1.56. The third kappa shape index (κ3) is 5.39. The highest BCUT2D eigenvalue weighted by molar-refractivity contribution is 9.10. The first kappa shape index (κ1) is 26.1. The van der Waals surface area contributed by atoms with Gasteiger partial charge in [-0.15, -0.1) is 0 Å². The van der Waals surface area contributed by atoms with Gasteiger partial charge in [-0.05, 0) is 76.3 Å². The number of hydrogen-bond acceptors (Lipinski definition) is 5. The van der Waals surface area contributed by atoms with Crippen LogP contribution in [0.1, 0.15) is 23.6 Å². The first-order valence-electron chi connectivity index (χ1n) is 11.3. The van der Waals surface area contributed by atoms with Crippen LogP contribution < -0.4 is 14.4 Å². The summed E-state index contributed by atoms with van der Waals surface area (Å²) in [6.45, 7) is 0.955. The molecule has 0 fully saturated rings. The summed E-state index contributed by atoms with van der Waals surface area (Å²) in [5.74, 6) is 0.593. The summed E-state index contributed by atoms with van der Waals surface area (Å²) < 4.78 is 61.1. The van der Waals surface area contributed by atoms with Gasteiger partial charge in [0.25, 0.3) is 0 Å². The summed E-state index contributed by atoms with van der Waals surface area (Å²) in [6, 6.07) is 14.7.